The van der Waals surface area contributed by atoms with Gasteiger partial charge < -0.3 is 13.9 Å². The van der Waals surface area contributed by atoms with Crippen LogP contribution in [-0.2, 0) is 25.5 Å². The van der Waals surface area contributed by atoms with E-state index < -0.39 is 23.3 Å². The Morgan fingerprint density at radius 2 is 1.58 bits per heavy atom. The fourth-order valence-corrected chi connectivity index (χ4v) is 4.09. The number of ether oxygens (including phenoxy) is 2. The highest BCUT2D eigenvalue weighted by molar-refractivity contribution is 6.04. The van der Waals surface area contributed by atoms with Gasteiger partial charge in [0.1, 0.15) is 11.3 Å². The number of carbonyl (C=O) groups is 2. The van der Waals surface area contributed by atoms with Gasteiger partial charge in [-0.1, -0.05) is 48.5 Å². The molecule has 1 aliphatic rings. The van der Waals surface area contributed by atoms with Gasteiger partial charge in [0.05, 0.1) is 14.2 Å². The van der Waals surface area contributed by atoms with Crippen LogP contribution in [0.4, 0.5) is 0 Å². The van der Waals surface area contributed by atoms with E-state index in [1.807, 2.05) is 54.6 Å². The maximum atomic E-state index is 12.9. The molecular formula is C21H18O5. The van der Waals surface area contributed by atoms with Crippen molar-refractivity contribution in [2.45, 2.75) is 12.3 Å². The lowest BCUT2D eigenvalue weighted by Crippen LogP contribution is -2.45. The van der Waals surface area contributed by atoms with Crippen molar-refractivity contribution in [3.05, 3.63) is 71.5 Å². The molecule has 0 spiro atoms. The smallest absolute Gasteiger partial charge is 0.324 e. The van der Waals surface area contributed by atoms with Gasteiger partial charge in [0, 0.05) is 23.3 Å². The minimum absolute atomic E-state index is 0.107. The number of hydrogen-bond donors (Lipinski definition) is 0. The zero-order valence-corrected chi connectivity index (χ0v) is 14.5. The standard InChI is InChI=1S/C21H18O5/c1-24-19(22)21(20(23)25-2)12-16-17(14-10-6-7-11-15(14)26-16)18(21)13-8-4-3-5-9-13/h3-11,18H,12H2,1-2H3. The summed E-state index contributed by atoms with van der Waals surface area (Å²) >= 11 is 0. The molecule has 0 fully saturated rings. The number of para-hydroxylation sites is 1. The first-order valence-corrected chi connectivity index (χ1v) is 8.35. The molecule has 132 valence electrons. The Labute approximate surface area is 150 Å². The van der Waals surface area contributed by atoms with Crippen molar-refractivity contribution < 1.29 is 23.5 Å². The van der Waals surface area contributed by atoms with Gasteiger partial charge in [-0.25, -0.2) is 0 Å². The molecule has 0 saturated carbocycles. The van der Waals surface area contributed by atoms with Gasteiger partial charge in [-0.05, 0) is 11.6 Å². The molecule has 5 nitrogen and oxygen atoms in total. The van der Waals surface area contributed by atoms with Crippen molar-refractivity contribution in [2.24, 2.45) is 5.41 Å². The molecule has 1 unspecified atom stereocenters. The van der Waals surface area contributed by atoms with Crippen molar-refractivity contribution in [1.29, 1.82) is 0 Å². The highest BCUT2D eigenvalue weighted by Gasteiger charge is 2.61. The summed E-state index contributed by atoms with van der Waals surface area (Å²) in [4.78, 5) is 25.7. The normalized spacial score (nSPS) is 17.7. The van der Waals surface area contributed by atoms with Crippen LogP contribution in [0, 0.1) is 5.41 Å². The Morgan fingerprint density at radius 3 is 2.23 bits per heavy atom. The molecule has 0 saturated heterocycles. The van der Waals surface area contributed by atoms with Crippen molar-refractivity contribution in [1.82, 2.24) is 0 Å². The molecular weight excluding hydrogens is 332 g/mol. The SMILES string of the molecule is COC(=O)C1(C(=O)OC)Cc2oc3ccccc3c2C1c1ccccc1. The summed E-state index contributed by atoms with van der Waals surface area (Å²) in [5, 5.41) is 0.894. The van der Waals surface area contributed by atoms with Gasteiger partial charge in [-0.2, -0.15) is 0 Å². The lowest BCUT2D eigenvalue weighted by Gasteiger charge is -2.30. The van der Waals surface area contributed by atoms with E-state index in [0.29, 0.717) is 5.76 Å². The van der Waals surface area contributed by atoms with Crippen LogP contribution in [0.1, 0.15) is 22.8 Å². The van der Waals surface area contributed by atoms with Crippen molar-refractivity contribution >= 4 is 22.9 Å². The van der Waals surface area contributed by atoms with E-state index in [-0.39, 0.29) is 6.42 Å². The fourth-order valence-electron chi connectivity index (χ4n) is 4.09. The van der Waals surface area contributed by atoms with E-state index in [1.165, 1.54) is 14.2 Å². The maximum Gasteiger partial charge on any atom is 0.324 e. The molecule has 0 bridgehead atoms. The van der Waals surface area contributed by atoms with Gasteiger partial charge in [0.25, 0.3) is 0 Å². The second kappa shape index (κ2) is 6.02. The first-order chi connectivity index (χ1) is 12.6. The van der Waals surface area contributed by atoms with Crippen molar-refractivity contribution in [3.8, 4) is 0 Å². The van der Waals surface area contributed by atoms with Crippen LogP contribution in [0.3, 0.4) is 0 Å². The van der Waals surface area contributed by atoms with Crippen LogP contribution in [0.15, 0.2) is 59.0 Å². The topological polar surface area (TPSA) is 65.7 Å². The van der Waals surface area contributed by atoms with Gasteiger partial charge in [-0.15, -0.1) is 0 Å². The summed E-state index contributed by atoms with van der Waals surface area (Å²) in [6, 6.07) is 17.1. The molecule has 0 N–H and O–H groups in total. The zero-order chi connectivity index (χ0) is 18.3. The molecule has 3 aromatic rings. The van der Waals surface area contributed by atoms with E-state index in [9.17, 15) is 9.59 Å². The number of carbonyl (C=O) groups excluding carboxylic acids is 2. The lowest BCUT2D eigenvalue weighted by molar-refractivity contribution is -0.169. The van der Waals surface area contributed by atoms with Crippen LogP contribution in [0.2, 0.25) is 0 Å². The average molecular weight is 350 g/mol. The minimum atomic E-state index is -1.50. The van der Waals surface area contributed by atoms with Crippen LogP contribution in [0.25, 0.3) is 11.0 Å². The molecule has 1 atom stereocenters. The van der Waals surface area contributed by atoms with Gasteiger partial charge in [0.15, 0.2) is 5.41 Å². The van der Waals surface area contributed by atoms with Crippen LogP contribution in [-0.4, -0.2) is 26.2 Å². The quantitative estimate of drug-likeness (QED) is 0.535. The molecule has 1 heterocycles. The first-order valence-electron chi connectivity index (χ1n) is 8.35. The van der Waals surface area contributed by atoms with E-state index in [0.717, 1.165) is 22.1 Å². The lowest BCUT2D eigenvalue weighted by atomic mass is 9.72. The fraction of sp³-hybridized carbons (Fsp3) is 0.238. The Balaban J connectivity index is 2.04. The van der Waals surface area contributed by atoms with Gasteiger partial charge in [-0.3, -0.25) is 9.59 Å². The predicted octanol–water partition coefficient (Wildman–Crippen LogP) is 3.45. The average Bonchev–Trinajstić information content (AvgIpc) is 3.21. The molecule has 2 aromatic carbocycles. The van der Waals surface area contributed by atoms with Crippen molar-refractivity contribution in [3.63, 3.8) is 0 Å². The Bertz CT molecular complexity index is 970. The number of hydrogen-bond acceptors (Lipinski definition) is 5. The number of rotatable bonds is 3. The molecule has 1 aromatic heterocycles. The number of furan rings is 1. The highest BCUT2D eigenvalue weighted by Crippen LogP contribution is 2.55. The zero-order valence-electron chi connectivity index (χ0n) is 14.5. The van der Waals surface area contributed by atoms with Crippen LogP contribution < -0.4 is 0 Å². The summed E-state index contributed by atoms with van der Waals surface area (Å²) in [6.45, 7) is 0. The Morgan fingerprint density at radius 1 is 0.962 bits per heavy atom. The summed E-state index contributed by atoms with van der Waals surface area (Å²) in [5.74, 6) is -1.15. The first kappa shape index (κ1) is 16.4. The largest absolute Gasteiger partial charge is 0.468 e. The molecule has 26 heavy (non-hydrogen) atoms. The predicted molar refractivity (Wildman–Crippen MR) is 94.7 cm³/mol. The van der Waals surface area contributed by atoms with Gasteiger partial charge in [0.2, 0.25) is 0 Å². The Hall–Kier alpha value is -3.08. The summed E-state index contributed by atoms with van der Waals surface area (Å²) in [7, 11) is 2.57. The molecule has 0 amide bonds. The van der Waals surface area contributed by atoms with Gasteiger partial charge >= 0.3 is 11.9 Å². The van der Waals surface area contributed by atoms with Crippen LogP contribution >= 0.6 is 0 Å². The number of fused-ring (bicyclic) bond motifs is 3. The summed E-state index contributed by atoms with van der Waals surface area (Å²) in [6.07, 6.45) is 0.107. The third kappa shape index (κ3) is 2.10. The van der Waals surface area contributed by atoms with E-state index in [2.05, 4.69) is 0 Å². The molecule has 0 aliphatic heterocycles. The number of esters is 2. The second-order valence-corrected chi connectivity index (χ2v) is 6.41. The highest BCUT2D eigenvalue weighted by atomic mass is 16.5. The number of benzene rings is 2. The summed E-state index contributed by atoms with van der Waals surface area (Å²) < 4.78 is 16.1. The Kier molecular flexibility index (Phi) is 3.80. The molecule has 1 aliphatic carbocycles. The molecule has 0 radical (unpaired) electrons. The third-order valence-electron chi connectivity index (χ3n) is 5.16. The van der Waals surface area contributed by atoms with Crippen LogP contribution in [0.5, 0.6) is 0 Å². The summed E-state index contributed by atoms with van der Waals surface area (Å²) in [5.41, 5.74) is 0.932. The number of methoxy groups -OCH3 is 2. The molecule has 5 heteroatoms. The van der Waals surface area contributed by atoms with E-state index in [1.54, 1.807) is 0 Å². The second-order valence-electron chi connectivity index (χ2n) is 6.41. The third-order valence-corrected chi connectivity index (χ3v) is 5.16. The monoisotopic (exact) mass is 350 g/mol. The van der Waals surface area contributed by atoms with Crippen molar-refractivity contribution in [2.75, 3.05) is 14.2 Å². The van der Waals surface area contributed by atoms with E-state index in [4.69, 9.17) is 13.9 Å². The molecule has 4 rings (SSSR count). The van der Waals surface area contributed by atoms with E-state index >= 15 is 0 Å². The maximum absolute atomic E-state index is 12.9. The minimum Gasteiger partial charge on any atom is -0.468 e.